The van der Waals surface area contributed by atoms with E-state index in [1.165, 1.54) is 5.56 Å². The van der Waals surface area contributed by atoms with Crippen molar-refractivity contribution in [3.8, 4) is 0 Å². The van der Waals surface area contributed by atoms with E-state index in [1.54, 1.807) is 0 Å². The van der Waals surface area contributed by atoms with Crippen molar-refractivity contribution < 1.29 is 5.11 Å². The van der Waals surface area contributed by atoms with Gasteiger partial charge < -0.3 is 10.8 Å². The van der Waals surface area contributed by atoms with Crippen molar-refractivity contribution in [3.05, 3.63) is 35.4 Å². The summed E-state index contributed by atoms with van der Waals surface area (Å²) in [5.74, 6) is 0. The summed E-state index contributed by atoms with van der Waals surface area (Å²) in [6.07, 6.45) is 1.89. The van der Waals surface area contributed by atoms with Crippen LogP contribution in [0.15, 0.2) is 24.3 Å². The highest BCUT2D eigenvalue weighted by molar-refractivity contribution is 5.41. The van der Waals surface area contributed by atoms with Crippen LogP contribution in [0.2, 0.25) is 0 Å². The van der Waals surface area contributed by atoms with E-state index in [1.807, 2.05) is 25.1 Å². The van der Waals surface area contributed by atoms with E-state index in [0.717, 1.165) is 18.4 Å². The summed E-state index contributed by atoms with van der Waals surface area (Å²) in [6, 6.07) is 8.28. The highest BCUT2D eigenvalue weighted by Gasteiger charge is 2.48. The molecule has 0 spiro atoms. The van der Waals surface area contributed by atoms with Crippen molar-refractivity contribution in [2.45, 2.75) is 44.2 Å². The first-order valence-corrected chi connectivity index (χ1v) is 5.61. The van der Waals surface area contributed by atoms with Crippen LogP contribution in [0.25, 0.3) is 0 Å². The third-order valence-electron chi connectivity index (χ3n) is 3.61. The average Bonchev–Trinajstić information content (AvgIpc) is 2.98. The summed E-state index contributed by atoms with van der Waals surface area (Å²) in [6.45, 7) is 3.88. The molecule has 15 heavy (non-hydrogen) atoms. The van der Waals surface area contributed by atoms with Crippen LogP contribution in [0.5, 0.6) is 0 Å². The van der Waals surface area contributed by atoms with Gasteiger partial charge in [-0.15, -0.1) is 0 Å². The zero-order valence-corrected chi connectivity index (χ0v) is 9.40. The molecule has 0 radical (unpaired) electrons. The van der Waals surface area contributed by atoms with Gasteiger partial charge in [-0.05, 0) is 37.8 Å². The van der Waals surface area contributed by atoms with Gasteiger partial charge >= 0.3 is 0 Å². The SMILES string of the molecule is CC(O)c1ccccc1C1(C(C)N)CC1. The molecule has 2 rings (SSSR count). The summed E-state index contributed by atoms with van der Waals surface area (Å²) >= 11 is 0. The maximum absolute atomic E-state index is 9.74. The Morgan fingerprint density at radius 3 is 2.33 bits per heavy atom. The van der Waals surface area contributed by atoms with Gasteiger partial charge in [0.2, 0.25) is 0 Å². The van der Waals surface area contributed by atoms with Gasteiger partial charge in [0.05, 0.1) is 6.10 Å². The number of aliphatic hydroxyl groups is 1. The van der Waals surface area contributed by atoms with E-state index in [9.17, 15) is 5.11 Å². The van der Waals surface area contributed by atoms with E-state index >= 15 is 0 Å². The Hall–Kier alpha value is -0.860. The lowest BCUT2D eigenvalue weighted by Crippen LogP contribution is -2.32. The molecule has 0 amide bonds. The monoisotopic (exact) mass is 205 g/mol. The van der Waals surface area contributed by atoms with E-state index in [2.05, 4.69) is 13.0 Å². The smallest absolute Gasteiger partial charge is 0.0764 e. The molecule has 2 unspecified atom stereocenters. The summed E-state index contributed by atoms with van der Waals surface area (Å²) in [4.78, 5) is 0. The largest absolute Gasteiger partial charge is 0.389 e. The van der Waals surface area contributed by atoms with Gasteiger partial charge in [-0.25, -0.2) is 0 Å². The molecule has 1 aromatic rings. The molecule has 1 aliphatic carbocycles. The number of nitrogens with two attached hydrogens (primary N) is 1. The molecule has 1 aliphatic rings. The van der Waals surface area contributed by atoms with E-state index in [0.29, 0.717) is 0 Å². The number of aliphatic hydroxyl groups excluding tert-OH is 1. The normalized spacial score (nSPS) is 22.1. The Morgan fingerprint density at radius 2 is 1.87 bits per heavy atom. The van der Waals surface area contributed by atoms with Crippen LogP contribution in [0.3, 0.4) is 0 Å². The third kappa shape index (κ3) is 1.68. The number of hydrogen-bond acceptors (Lipinski definition) is 2. The minimum Gasteiger partial charge on any atom is -0.389 e. The average molecular weight is 205 g/mol. The fourth-order valence-corrected chi connectivity index (χ4v) is 2.42. The Balaban J connectivity index is 2.44. The van der Waals surface area contributed by atoms with E-state index in [-0.39, 0.29) is 11.5 Å². The predicted octanol–water partition coefficient (Wildman–Crippen LogP) is 2.12. The zero-order chi connectivity index (χ0) is 11.1. The van der Waals surface area contributed by atoms with Crippen LogP contribution in [-0.4, -0.2) is 11.1 Å². The number of hydrogen-bond donors (Lipinski definition) is 2. The van der Waals surface area contributed by atoms with Crippen molar-refractivity contribution in [3.63, 3.8) is 0 Å². The number of benzene rings is 1. The second-order valence-corrected chi connectivity index (χ2v) is 4.71. The summed E-state index contributed by atoms with van der Waals surface area (Å²) in [7, 11) is 0. The Labute approximate surface area is 91.1 Å². The first kappa shape index (κ1) is 10.7. The van der Waals surface area contributed by atoms with Crippen LogP contribution < -0.4 is 5.73 Å². The van der Waals surface area contributed by atoms with Gasteiger partial charge in [0.25, 0.3) is 0 Å². The minimum absolute atomic E-state index is 0.133. The molecule has 0 bridgehead atoms. The minimum atomic E-state index is -0.405. The second kappa shape index (κ2) is 3.62. The molecule has 2 nitrogen and oxygen atoms in total. The molecule has 0 aromatic heterocycles. The van der Waals surface area contributed by atoms with Crippen LogP contribution in [0, 0.1) is 0 Å². The van der Waals surface area contributed by atoms with Gasteiger partial charge in [0, 0.05) is 11.5 Å². The van der Waals surface area contributed by atoms with Crippen molar-refractivity contribution in [2.24, 2.45) is 5.73 Å². The number of rotatable bonds is 3. The molecule has 2 atom stereocenters. The van der Waals surface area contributed by atoms with Crippen molar-refractivity contribution >= 4 is 0 Å². The fraction of sp³-hybridized carbons (Fsp3) is 0.538. The maximum Gasteiger partial charge on any atom is 0.0764 e. The van der Waals surface area contributed by atoms with Crippen LogP contribution in [0.1, 0.15) is 43.9 Å². The molecule has 82 valence electrons. The van der Waals surface area contributed by atoms with Crippen molar-refractivity contribution in [1.82, 2.24) is 0 Å². The molecular weight excluding hydrogens is 186 g/mol. The summed E-state index contributed by atoms with van der Waals surface area (Å²) in [5, 5.41) is 9.74. The quantitative estimate of drug-likeness (QED) is 0.794. The van der Waals surface area contributed by atoms with Gasteiger partial charge in [0.1, 0.15) is 0 Å². The fourth-order valence-electron chi connectivity index (χ4n) is 2.42. The molecule has 0 saturated heterocycles. The van der Waals surface area contributed by atoms with Gasteiger partial charge in [0.15, 0.2) is 0 Å². The van der Waals surface area contributed by atoms with Crippen molar-refractivity contribution in [1.29, 1.82) is 0 Å². The molecule has 1 fully saturated rings. The van der Waals surface area contributed by atoms with E-state index in [4.69, 9.17) is 5.73 Å². The first-order valence-electron chi connectivity index (χ1n) is 5.61. The second-order valence-electron chi connectivity index (χ2n) is 4.71. The molecular formula is C13H19NO. The molecule has 3 N–H and O–H groups in total. The Morgan fingerprint density at radius 1 is 1.27 bits per heavy atom. The third-order valence-corrected chi connectivity index (χ3v) is 3.61. The zero-order valence-electron chi connectivity index (χ0n) is 9.40. The van der Waals surface area contributed by atoms with E-state index < -0.39 is 6.10 Å². The van der Waals surface area contributed by atoms with Crippen molar-refractivity contribution in [2.75, 3.05) is 0 Å². The topological polar surface area (TPSA) is 46.2 Å². The molecule has 1 saturated carbocycles. The lowest BCUT2D eigenvalue weighted by atomic mass is 9.85. The summed E-state index contributed by atoms with van der Waals surface area (Å²) < 4.78 is 0. The maximum atomic E-state index is 9.74. The lowest BCUT2D eigenvalue weighted by molar-refractivity contribution is 0.197. The molecule has 1 aromatic carbocycles. The standard InChI is InChI=1S/C13H19NO/c1-9(15)11-5-3-4-6-12(11)13(7-8-13)10(2)14/h3-6,9-10,15H,7-8,14H2,1-2H3. The molecule has 0 heterocycles. The molecule has 0 aliphatic heterocycles. The first-order chi connectivity index (χ1) is 7.08. The lowest BCUT2D eigenvalue weighted by Gasteiger charge is -2.24. The Kier molecular flexibility index (Phi) is 2.57. The Bertz CT molecular complexity index is 353. The highest BCUT2D eigenvalue weighted by Crippen LogP contribution is 2.52. The van der Waals surface area contributed by atoms with Crippen LogP contribution in [-0.2, 0) is 5.41 Å². The van der Waals surface area contributed by atoms with Gasteiger partial charge in [-0.2, -0.15) is 0 Å². The van der Waals surface area contributed by atoms with Gasteiger partial charge in [-0.1, -0.05) is 24.3 Å². The molecule has 2 heteroatoms. The summed E-state index contributed by atoms with van der Waals surface area (Å²) in [5.41, 5.74) is 8.46. The van der Waals surface area contributed by atoms with Gasteiger partial charge in [-0.3, -0.25) is 0 Å². The van der Waals surface area contributed by atoms with Crippen LogP contribution in [0.4, 0.5) is 0 Å². The van der Waals surface area contributed by atoms with Crippen LogP contribution >= 0.6 is 0 Å². The highest BCUT2D eigenvalue weighted by atomic mass is 16.3. The predicted molar refractivity (Wildman–Crippen MR) is 61.6 cm³/mol.